The Kier molecular flexibility index (Phi) is 7.19. The first-order chi connectivity index (χ1) is 13.6. The van der Waals surface area contributed by atoms with Gasteiger partial charge >= 0.3 is 0 Å². The Labute approximate surface area is 171 Å². The summed E-state index contributed by atoms with van der Waals surface area (Å²) >= 11 is 7.62. The van der Waals surface area contributed by atoms with E-state index in [9.17, 15) is 9.18 Å². The van der Waals surface area contributed by atoms with E-state index >= 15 is 0 Å². The third-order valence-corrected chi connectivity index (χ3v) is 5.36. The molecule has 0 fully saturated rings. The van der Waals surface area contributed by atoms with Crippen molar-refractivity contribution in [2.75, 3.05) is 19.5 Å². The van der Waals surface area contributed by atoms with Crippen molar-refractivity contribution in [1.29, 1.82) is 0 Å². The molecule has 0 aliphatic carbocycles. The fraction of sp³-hybridized carbons (Fsp3) is 0.250. The van der Waals surface area contributed by atoms with Crippen molar-refractivity contribution >= 4 is 29.1 Å². The molecule has 28 heavy (non-hydrogen) atoms. The summed E-state index contributed by atoms with van der Waals surface area (Å²) in [6, 6.07) is 13.0. The highest BCUT2D eigenvalue weighted by molar-refractivity contribution is 7.99. The summed E-state index contributed by atoms with van der Waals surface area (Å²) in [6.45, 7) is 1.23. The van der Waals surface area contributed by atoms with Crippen LogP contribution in [0.5, 0.6) is 0 Å². The van der Waals surface area contributed by atoms with Gasteiger partial charge in [-0.25, -0.2) is 4.39 Å². The van der Waals surface area contributed by atoms with E-state index in [0.29, 0.717) is 34.7 Å². The van der Waals surface area contributed by atoms with Gasteiger partial charge in [0.2, 0.25) is 0 Å². The number of hydrogen-bond donors (Lipinski definition) is 0. The lowest BCUT2D eigenvalue weighted by molar-refractivity contribution is 0.102. The zero-order valence-electron chi connectivity index (χ0n) is 15.3. The molecule has 0 aliphatic heterocycles. The standard InChI is InChI=1S/C20H19ClFN3O2S/c1-27-12-4-11-25-19(16-5-2-3-6-17(16)21)23-24-20(25)28-13-18(26)14-7-9-15(22)10-8-14/h2-3,5-10H,4,11-13H2,1H3. The number of methoxy groups -OCH3 is 1. The molecule has 0 N–H and O–H groups in total. The fourth-order valence-electron chi connectivity index (χ4n) is 2.66. The largest absolute Gasteiger partial charge is 0.385 e. The summed E-state index contributed by atoms with van der Waals surface area (Å²) in [6.07, 6.45) is 0.769. The first-order valence-corrected chi connectivity index (χ1v) is 10.0. The Morgan fingerprint density at radius 2 is 1.93 bits per heavy atom. The van der Waals surface area contributed by atoms with Crippen LogP contribution in [0.25, 0.3) is 11.4 Å². The van der Waals surface area contributed by atoms with Gasteiger partial charge in [0, 0.05) is 31.4 Å². The minimum Gasteiger partial charge on any atom is -0.385 e. The van der Waals surface area contributed by atoms with Crippen LogP contribution in [0.1, 0.15) is 16.8 Å². The Bertz CT molecular complexity index is 947. The first-order valence-electron chi connectivity index (χ1n) is 8.68. The maximum Gasteiger partial charge on any atom is 0.191 e. The molecule has 3 aromatic rings. The van der Waals surface area contributed by atoms with Gasteiger partial charge in [0.15, 0.2) is 16.8 Å². The first kappa shape index (κ1) is 20.5. The number of carbonyl (C=O) groups is 1. The Morgan fingerprint density at radius 1 is 1.18 bits per heavy atom. The summed E-state index contributed by atoms with van der Waals surface area (Å²) in [4.78, 5) is 12.4. The summed E-state index contributed by atoms with van der Waals surface area (Å²) in [5, 5.41) is 9.76. The summed E-state index contributed by atoms with van der Waals surface area (Å²) in [5.74, 6) is 0.358. The fourth-order valence-corrected chi connectivity index (χ4v) is 3.73. The molecule has 146 valence electrons. The number of halogens is 2. The van der Waals surface area contributed by atoms with Gasteiger partial charge in [-0.15, -0.1) is 10.2 Å². The van der Waals surface area contributed by atoms with Gasteiger partial charge in [0.1, 0.15) is 5.82 Å². The highest BCUT2D eigenvalue weighted by Crippen LogP contribution is 2.29. The van der Waals surface area contributed by atoms with E-state index in [0.717, 1.165) is 12.0 Å². The second-order valence-electron chi connectivity index (χ2n) is 6.00. The van der Waals surface area contributed by atoms with E-state index in [2.05, 4.69) is 10.2 Å². The van der Waals surface area contributed by atoms with Gasteiger partial charge in [-0.05, 0) is 42.8 Å². The van der Waals surface area contributed by atoms with E-state index < -0.39 is 0 Å². The lowest BCUT2D eigenvalue weighted by Gasteiger charge is -2.10. The topological polar surface area (TPSA) is 57.0 Å². The molecule has 3 rings (SSSR count). The Balaban J connectivity index is 1.80. The van der Waals surface area contributed by atoms with E-state index in [1.807, 2.05) is 22.8 Å². The SMILES string of the molecule is COCCCn1c(SCC(=O)c2ccc(F)cc2)nnc1-c1ccccc1Cl. The van der Waals surface area contributed by atoms with E-state index in [1.54, 1.807) is 13.2 Å². The molecule has 0 spiro atoms. The average Bonchev–Trinajstić information content (AvgIpc) is 3.10. The van der Waals surface area contributed by atoms with Crippen molar-refractivity contribution in [2.24, 2.45) is 0 Å². The highest BCUT2D eigenvalue weighted by atomic mass is 35.5. The van der Waals surface area contributed by atoms with Crippen molar-refractivity contribution in [2.45, 2.75) is 18.1 Å². The second kappa shape index (κ2) is 9.82. The number of benzene rings is 2. The molecule has 5 nitrogen and oxygen atoms in total. The maximum absolute atomic E-state index is 13.0. The number of thioether (sulfide) groups is 1. The minimum atomic E-state index is -0.369. The highest BCUT2D eigenvalue weighted by Gasteiger charge is 2.17. The molecule has 0 aliphatic rings. The second-order valence-corrected chi connectivity index (χ2v) is 7.35. The van der Waals surface area contributed by atoms with Crippen molar-refractivity contribution in [1.82, 2.24) is 14.8 Å². The minimum absolute atomic E-state index is 0.101. The van der Waals surface area contributed by atoms with Crippen LogP contribution in [-0.4, -0.2) is 40.0 Å². The smallest absolute Gasteiger partial charge is 0.191 e. The van der Waals surface area contributed by atoms with Crippen LogP contribution < -0.4 is 0 Å². The van der Waals surface area contributed by atoms with Gasteiger partial charge in [-0.3, -0.25) is 4.79 Å². The van der Waals surface area contributed by atoms with E-state index in [4.69, 9.17) is 16.3 Å². The van der Waals surface area contributed by atoms with Gasteiger partial charge in [-0.2, -0.15) is 0 Å². The van der Waals surface area contributed by atoms with Crippen molar-refractivity contribution in [3.05, 3.63) is 64.9 Å². The molecule has 0 unspecified atom stereocenters. The van der Waals surface area contributed by atoms with Crippen LogP contribution in [0.2, 0.25) is 5.02 Å². The molecular formula is C20H19ClFN3O2S. The predicted molar refractivity (Wildman–Crippen MR) is 108 cm³/mol. The Hall–Kier alpha value is -2.22. The number of ketones is 1. The molecule has 0 atom stereocenters. The van der Waals surface area contributed by atoms with Crippen molar-refractivity contribution < 1.29 is 13.9 Å². The lowest BCUT2D eigenvalue weighted by atomic mass is 10.1. The van der Waals surface area contributed by atoms with Crippen molar-refractivity contribution in [3.8, 4) is 11.4 Å². The number of carbonyl (C=O) groups excluding carboxylic acids is 1. The van der Waals surface area contributed by atoms with E-state index in [1.165, 1.54) is 36.0 Å². The van der Waals surface area contributed by atoms with Gasteiger partial charge in [0.25, 0.3) is 0 Å². The summed E-state index contributed by atoms with van der Waals surface area (Å²) in [7, 11) is 1.65. The normalized spacial score (nSPS) is 11.0. The van der Waals surface area contributed by atoms with Crippen LogP contribution in [0.15, 0.2) is 53.7 Å². The third-order valence-electron chi connectivity index (χ3n) is 4.06. The van der Waals surface area contributed by atoms with Crippen molar-refractivity contribution in [3.63, 3.8) is 0 Å². The number of hydrogen-bond acceptors (Lipinski definition) is 5. The van der Waals surface area contributed by atoms with Crippen LogP contribution in [0.4, 0.5) is 4.39 Å². The van der Waals surface area contributed by atoms with Crippen LogP contribution >= 0.6 is 23.4 Å². The molecule has 1 heterocycles. The molecule has 0 radical (unpaired) electrons. The molecule has 1 aromatic heterocycles. The molecular weight excluding hydrogens is 401 g/mol. The summed E-state index contributed by atoms with van der Waals surface area (Å²) in [5.41, 5.74) is 1.25. The zero-order chi connectivity index (χ0) is 19.9. The molecule has 0 saturated carbocycles. The summed E-state index contributed by atoms with van der Waals surface area (Å²) < 4.78 is 20.1. The Morgan fingerprint density at radius 3 is 2.64 bits per heavy atom. The number of aromatic nitrogens is 3. The van der Waals surface area contributed by atoms with Crippen LogP contribution in [-0.2, 0) is 11.3 Å². The maximum atomic E-state index is 13.0. The molecule has 2 aromatic carbocycles. The molecule has 0 bridgehead atoms. The predicted octanol–water partition coefficient (Wildman–Crippen LogP) is 4.75. The average molecular weight is 420 g/mol. The third kappa shape index (κ3) is 4.98. The van der Waals surface area contributed by atoms with Gasteiger partial charge in [0.05, 0.1) is 10.8 Å². The zero-order valence-corrected chi connectivity index (χ0v) is 16.8. The number of ether oxygens (including phenoxy) is 1. The van der Waals surface area contributed by atoms with E-state index in [-0.39, 0.29) is 17.4 Å². The lowest BCUT2D eigenvalue weighted by Crippen LogP contribution is -2.08. The van der Waals surface area contributed by atoms with Crippen LogP contribution in [0.3, 0.4) is 0 Å². The monoisotopic (exact) mass is 419 g/mol. The van der Waals surface area contributed by atoms with Crippen LogP contribution in [0, 0.1) is 5.82 Å². The quantitative estimate of drug-likeness (QED) is 0.284. The molecule has 0 saturated heterocycles. The number of nitrogens with zero attached hydrogens (tertiary/aromatic N) is 3. The van der Waals surface area contributed by atoms with Gasteiger partial charge < -0.3 is 9.30 Å². The van der Waals surface area contributed by atoms with Gasteiger partial charge in [-0.1, -0.05) is 35.5 Å². The molecule has 8 heteroatoms. The molecule has 0 amide bonds. The number of Topliss-reactive ketones (excluding diaryl/α,β-unsaturated/α-hetero) is 1. The number of rotatable bonds is 9.